The molecular weight excluding hydrogens is 256 g/mol. The van der Waals surface area contributed by atoms with E-state index in [1.807, 2.05) is 0 Å². The lowest BCUT2D eigenvalue weighted by Crippen LogP contribution is -2.43. The molecule has 2 rings (SSSR count). The molecule has 1 aliphatic rings. The van der Waals surface area contributed by atoms with E-state index in [4.69, 9.17) is 20.9 Å². The summed E-state index contributed by atoms with van der Waals surface area (Å²) in [4.78, 5) is 17.6. The average Bonchev–Trinajstić information content (AvgIpc) is 2.92. The molecule has 9 heteroatoms. The first-order valence-electron chi connectivity index (χ1n) is 5.60. The molecule has 1 amide bonds. The highest BCUT2D eigenvalue weighted by atomic mass is 16.6. The van der Waals surface area contributed by atoms with Crippen molar-refractivity contribution in [3.8, 4) is 0 Å². The molecule has 0 aliphatic carbocycles. The number of aliphatic hydroxyl groups excluding tert-OH is 2. The first-order chi connectivity index (χ1) is 8.95. The molecule has 1 saturated heterocycles. The molecule has 9 nitrogen and oxygen atoms in total. The Kier molecular flexibility index (Phi) is 3.83. The van der Waals surface area contributed by atoms with Crippen molar-refractivity contribution < 1.29 is 24.5 Å². The number of methoxy groups -OCH3 is 1. The summed E-state index contributed by atoms with van der Waals surface area (Å²) < 4.78 is 10.5. The van der Waals surface area contributed by atoms with E-state index in [1.54, 1.807) is 0 Å². The predicted octanol–water partition coefficient (Wildman–Crippen LogP) is -2.40. The van der Waals surface area contributed by atoms with Crippen LogP contribution >= 0.6 is 0 Å². The van der Waals surface area contributed by atoms with Gasteiger partial charge in [0.25, 0.3) is 5.91 Å². The van der Waals surface area contributed by atoms with Crippen molar-refractivity contribution in [1.82, 2.24) is 9.97 Å². The van der Waals surface area contributed by atoms with E-state index in [-0.39, 0.29) is 11.5 Å². The highest BCUT2D eigenvalue weighted by Crippen LogP contribution is 2.34. The summed E-state index contributed by atoms with van der Waals surface area (Å²) >= 11 is 0. The number of hydrogen-bond acceptors (Lipinski definition) is 7. The van der Waals surface area contributed by atoms with Crippen LogP contribution in [0.5, 0.6) is 0 Å². The van der Waals surface area contributed by atoms with E-state index in [2.05, 4.69) is 9.97 Å². The Balaban J connectivity index is 2.25. The van der Waals surface area contributed by atoms with E-state index in [1.165, 1.54) is 13.3 Å². The monoisotopic (exact) mass is 272 g/mol. The standard InChI is InChI=1S/C10H16N4O5/c1-18-5-4(15)6(9(12)17)19-7(5)10-13-2-3(14-10)8(11)16/h2,4-7,9,15,17H,12H2,1H3,(H2,11,16)(H,13,14)/t4-,5+,6-,7+,9?/m0/s1. The maximum Gasteiger partial charge on any atom is 0.268 e. The van der Waals surface area contributed by atoms with Gasteiger partial charge >= 0.3 is 0 Å². The van der Waals surface area contributed by atoms with Gasteiger partial charge in [0.2, 0.25) is 0 Å². The topological polar surface area (TPSA) is 157 Å². The zero-order valence-corrected chi connectivity index (χ0v) is 10.2. The van der Waals surface area contributed by atoms with Crippen LogP contribution in [0.2, 0.25) is 0 Å². The molecule has 1 unspecified atom stereocenters. The molecule has 0 saturated carbocycles. The second-order valence-electron chi connectivity index (χ2n) is 4.24. The van der Waals surface area contributed by atoms with Crippen molar-refractivity contribution in [2.75, 3.05) is 7.11 Å². The minimum atomic E-state index is -1.36. The van der Waals surface area contributed by atoms with Gasteiger partial charge in [0, 0.05) is 13.3 Å². The first kappa shape index (κ1) is 13.9. The van der Waals surface area contributed by atoms with Gasteiger partial charge in [-0.1, -0.05) is 0 Å². The summed E-state index contributed by atoms with van der Waals surface area (Å²) in [6.45, 7) is 0. The van der Waals surface area contributed by atoms with Crippen molar-refractivity contribution in [2.24, 2.45) is 11.5 Å². The zero-order valence-electron chi connectivity index (χ0n) is 10.2. The van der Waals surface area contributed by atoms with Crippen LogP contribution in [0.25, 0.3) is 0 Å². The number of rotatable bonds is 4. The number of imidazole rings is 1. The normalized spacial score (nSPS) is 32.4. The van der Waals surface area contributed by atoms with Crippen LogP contribution < -0.4 is 11.5 Å². The summed E-state index contributed by atoms with van der Waals surface area (Å²) in [5.74, 6) is -0.423. The molecule has 106 valence electrons. The number of aromatic amines is 1. The van der Waals surface area contributed by atoms with Crippen LogP contribution in [-0.4, -0.2) is 57.7 Å². The van der Waals surface area contributed by atoms with Gasteiger partial charge in [-0.2, -0.15) is 0 Å². The number of ether oxygens (including phenoxy) is 2. The molecule has 1 aromatic rings. The van der Waals surface area contributed by atoms with Gasteiger partial charge in [0.15, 0.2) is 0 Å². The van der Waals surface area contributed by atoms with Crippen LogP contribution in [0.3, 0.4) is 0 Å². The summed E-state index contributed by atoms with van der Waals surface area (Å²) in [6.07, 6.45) is -3.70. The second kappa shape index (κ2) is 5.23. The van der Waals surface area contributed by atoms with Gasteiger partial charge in [-0.3, -0.25) is 4.79 Å². The molecule has 7 N–H and O–H groups in total. The fourth-order valence-electron chi connectivity index (χ4n) is 2.07. The zero-order chi connectivity index (χ0) is 14.2. The smallest absolute Gasteiger partial charge is 0.268 e. The fraction of sp³-hybridized carbons (Fsp3) is 0.600. The SMILES string of the molecule is CO[C@@H]1[C@H](O)[C@@H](C(N)O)O[C@H]1c1nc(C(N)=O)c[nH]1. The lowest BCUT2D eigenvalue weighted by Gasteiger charge is -2.18. The van der Waals surface area contributed by atoms with Crippen LogP contribution in [0.4, 0.5) is 0 Å². The molecule has 19 heavy (non-hydrogen) atoms. The largest absolute Gasteiger partial charge is 0.387 e. The Labute approximate surface area is 108 Å². The molecule has 2 heterocycles. The molecular formula is C10H16N4O5. The van der Waals surface area contributed by atoms with E-state index in [9.17, 15) is 15.0 Å². The van der Waals surface area contributed by atoms with Crippen molar-refractivity contribution in [2.45, 2.75) is 30.6 Å². The summed E-state index contributed by atoms with van der Waals surface area (Å²) in [7, 11) is 1.38. The number of nitrogens with zero attached hydrogens (tertiary/aromatic N) is 1. The van der Waals surface area contributed by atoms with Crippen molar-refractivity contribution in [3.63, 3.8) is 0 Å². The molecule has 0 bridgehead atoms. The number of nitrogens with two attached hydrogens (primary N) is 2. The molecule has 1 aromatic heterocycles. The average molecular weight is 272 g/mol. The van der Waals surface area contributed by atoms with E-state index >= 15 is 0 Å². The maximum atomic E-state index is 11.0. The summed E-state index contributed by atoms with van der Waals surface area (Å²) in [5, 5.41) is 19.3. The van der Waals surface area contributed by atoms with E-state index in [0.717, 1.165) is 0 Å². The minimum Gasteiger partial charge on any atom is -0.387 e. The third-order valence-electron chi connectivity index (χ3n) is 3.00. The number of amides is 1. The third kappa shape index (κ3) is 2.46. The number of aromatic nitrogens is 2. The molecule has 5 atom stereocenters. The number of primary amides is 1. The Bertz CT molecular complexity index is 463. The molecule has 1 aliphatic heterocycles. The Morgan fingerprint density at radius 2 is 2.37 bits per heavy atom. The van der Waals surface area contributed by atoms with Crippen LogP contribution in [0.1, 0.15) is 22.4 Å². The maximum absolute atomic E-state index is 11.0. The fourth-order valence-corrected chi connectivity index (χ4v) is 2.07. The van der Waals surface area contributed by atoms with E-state index in [0.29, 0.717) is 0 Å². The van der Waals surface area contributed by atoms with Gasteiger partial charge in [0.05, 0.1) is 0 Å². The highest BCUT2D eigenvalue weighted by molar-refractivity contribution is 5.90. The number of carbonyl (C=O) groups excluding carboxylic acids is 1. The van der Waals surface area contributed by atoms with Gasteiger partial charge in [-0.15, -0.1) is 0 Å². The van der Waals surface area contributed by atoms with E-state index < -0.39 is 36.6 Å². The third-order valence-corrected chi connectivity index (χ3v) is 3.00. The molecule has 1 fully saturated rings. The molecule has 0 spiro atoms. The highest BCUT2D eigenvalue weighted by Gasteiger charge is 2.48. The van der Waals surface area contributed by atoms with Crippen molar-refractivity contribution >= 4 is 5.91 Å². The van der Waals surface area contributed by atoms with Gasteiger partial charge in [-0.25, -0.2) is 4.98 Å². The number of H-pyrrole nitrogens is 1. The lowest BCUT2D eigenvalue weighted by molar-refractivity contribution is -0.0648. The van der Waals surface area contributed by atoms with Crippen molar-refractivity contribution in [1.29, 1.82) is 0 Å². The number of carbonyl (C=O) groups is 1. The Hall–Kier alpha value is -1.52. The summed E-state index contributed by atoms with van der Waals surface area (Å²) in [6, 6.07) is 0. The summed E-state index contributed by atoms with van der Waals surface area (Å²) in [5.41, 5.74) is 10.4. The van der Waals surface area contributed by atoms with Crippen LogP contribution in [-0.2, 0) is 9.47 Å². The first-order valence-corrected chi connectivity index (χ1v) is 5.60. The Morgan fingerprint density at radius 3 is 2.84 bits per heavy atom. The van der Waals surface area contributed by atoms with Gasteiger partial charge < -0.3 is 36.1 Å². The number of hydrogen-bond donors (Lipinski definition) is 5. The number of aliphatic hydroxyl groups is 2. The molecule has 0 aromatic carbocycles. The Morgan fingerprint density at radius 1 is 1.68 bits per heavy atom. The second-order valence-corrected chi connectivity index (χ2v) is 4.24. The molecule has 0 radical (unpaired) electrons. The van der Waals surface area contributed by atoms with Crippen molar-refractivity contribution in [3.05, 3.63) is 17.7 Å². The van der Waals surface area contributed by atoms with Gasteiger partial charge in [-0.05, 0) is 0 Å². The van der Waals surface area contributed by atoms with Gasteiger partial charge in [0.1, 0.15) is 42.2 Å². The lowest BCUT2D eigenvalue weighted by atomic mass is 10.1. The minimum absolute atomic E-state index is 0.0414. The van der Waals surface area contributed by atoms with Crippen LogP contribution in [0.15, 0.2) is 6.20 Å². The van der Waals surface area contributed by atoms with Crippen LogP contribution in [0, 0.1) is 0 Å². The quantitative estimate of drug-likeness (QED) is 0.382. The number of nitrogens with one attached hydrogen (secondary N) is 1. The predicted molar refractivity (Wildman–Crippen MR) is 61.7 cm³/mol.